The van der Waals surface area contributed by atoms with Gasteiger partial charge in [-0.3, -0.25) is 14.8 Å². The van der Waals surface area contributed by atoms with E-state index in [2.05, 4.69) is 20.5 Å². The zero-order chi connectivity index (χ0) is 23.8. The molecule has 0 aliphatic rings. The molecule has 5 aromatic rings. The van der Waals surface area contributed by atoms with Crippen molar-refractivity contribution in [3.05, 3.63) is 87.9 Å². The van der Waals surface area contributed by atoms with Crippen LogP contribution in [-0.2, 0) is 13.6 Å². The van der Waals surface area contributed by atoms with Crippen molar-refractivity contribution in [3.63, 3.8) is 0 Å². The van der Waals surface area contributed by atoms with E-state index in [1.165, 1.54) is 0 Å². The first-order chi connectivity index (χ1) is 16.4. The smallest absolute Gasteiger partial charge is 0.258 e. The molecule has 1 amide bonds. The van der Waals surface area contributed by atoms with Crippen molar-refractivity contribution in [2.45, 2.75) is 13.5 Å². The van der Waals surface area contributed by atoms with Crippen LogP contribution in [0.15, 0.2) is 61.1 Å². The number of pyridine rings is 1. The fourth-order valence-corrected chi connectivity index (χ4v) is 4.10. The minimum absolute atomic E-state index is 0.199. The predicted molar refractivity (Wildman–Crippen MR) is 132 cm³/mol. The molecule has 34 heavy (non-hydrogen) atoms. The van der Waals surface area contributed by atoms with Crippen LogP contribution in [0.5, 0.6) is 0 Å². The van der Waals surface area contributed by atoms with Crippen LogP contribution < -0.4 is 5.32 Å². The number of carbonyl (C=O) groups excluding carboxylic acids is 1. The molecular formula is C24H19Cl2N7O. The van der Waals surface area contributed by atoms with Crippen molar-refractivity contribution in [1.29, 1.82) is 0 Å². The first kappa shape index (κ1) is 22.1. The van der Waals surface area contributed by atoms with Crippen LogP contribution in [0.1, 0.15) is 21.6 Å². The maximum absolute atomic E-state index is 13.3. The van der Waals surface area contributed by atoms with E-state index >= 15 is 0 Å². The van der Waals surface area contributed by atoms with E-state index < -0.39 is 0 Å². The Morgan fingerprint density at radius 3 is 2.65 bits per heavy atom. The Morgan fingerprint density at radius 2 is 1.88 bits per heavy atom. The zero-order valence-corrected chi connectivity index (χ0v) is 19.8. The molecule has 0 saturated heterocycles. The fraction of sp³-hybridized carbons (Fsp3) is 0.125. The summed E-state index contributed by atoms with van der Waals surface area (Å²) in [6.07, 6.45) is 3.44. The molecule has 10 heteroatoms. The average molecular weight is 492 g/mol. The largest absolute Gasteiger partial charge is 0.289 e. The Labute approximate surface area is 205 Å². The molecule has 0 bridgehead atoms. The third kappa shape index (κ3) is 4.37. The van der Waals surface area contributed by atoms with Crippen molar-refractivity contribution in [2.24, 2.45) is 7.05 Å². The van der Waals surface area contributed by atoms with E-state index in [4.69, 9.17) is 28.2 Å². The number of halogens is 2. The van der Waals surface area contributed by atoms with Gasteiger partial charge in [-0.2, -0.15) is 5.10 Å². The lowest BCUT2D eigenvalue weighted by Gasteiger charge is -2.09. The molecule has 0 atom stereocenters. The Morgan fingerprint density at radius 1 is 1.06 bits per heavy atom. The Bertz CT molecular complexity index is 1540. The maximum Gasteiger partial charge on any atom is 0.258 e. The third-order valence-electron chi connectivity index (χ3n) is 5.34. The summed E-state index contributed by atoms with van der Waals surface area (Å²) in [7, 11) is 1.85. The second kappa shape index (κ2) is 8.89. The van der Waals surface area contributed by atoms with Crippen molar-refractivity contribution in [2.75, 3.05) is 5.32 Å². The maximum atomic E-state index is 13.3. The molecule has 0 saturated carbocycles. The van der Waals surface area contributed by atoms with Gasteiger partial charge in [0.05, 0.1) is 39.1 Å². The van der Waals surface area contributed by atoms with Gasteiger partial charge in [0.15, 0.2) is 0 Å². The summed E-state index contributed by atoms with van der Waals surface area (Å²) in [4.78, 5) is 22.2. The third-order valence-corrected chi connectivity index (χ3v) is 6.08. The van der Waals surface area contributed by atoms with E-state index in [1.807, 2.05) is 50.5 Å². The zero-order valence-electron chi connectivity index (χ0n) is 18.3. The van der Waals surface area contributed by atoms with Gasteiger partial charge in [-0.1, -0.05) is 47.5 Å². The highest BCUT2D eigenvalue weighted by Gasteiger charge is 2.17. The number of fused-ring (bicyclic) bond motifs is 1. The van der Waals surface area contributed by atoms with Crippen LogP contribution in [0.3, 0.4) is 0 Å². The van der Waals surface area contributed by atoms with Gasteiger partial charge in [-0.05, 0) is 36.8 Å². The highest BCUT2D eigenvalue weighted by atomic mass is 35.5. The summed E-state index contributed by atoms with van der Waals surface area (Å²) in [5.74, 6) is -0.126. The van der Waals surface area contributed by atoms with Crippen molar-refractivity contribution in [1.82, 2.24) is 29.5 Å². The molecule has 0 unspecified atom stereocenters. The average Bonchev–Trinajstić information content (AvgIpc) is 3.40. The van der Waals surface area contributed by atoms with Gasteiger partial charge in [0.1, 0.15) is 6.33 Å². The van der Waals surface area contributed by atoms with Crippen LogP contribution in [-0.4, -0.2) is 35.4 Å². The number of para-hydroxylation sites is 1. The van der Waals surface area contributed by atoms with Crippen molar-refractivity contribution >= 4 is 46.0 Å². The number of benzene rings is 2. The van der Waals surface area contributed by atoms with Crippen LogP contribution in [0, 0.1) is 6.92 Å². The van der Waals surface area contributed by atoms with Crippen LogP contribution >= 0.6 is 23.2 Å². The van der Waals surface area contributed by atoms with Gasteiger partial charge in [-0.25, -0.2) is 14.6 Å². The lowest BCUT2D eigenvalue weighted by atomic mass is 10.0. The number of anilines is 1. The van der Waals surface area contributed by atoms with E-state index in [0.717, 1.165) is 22.2 Å². The van der Waals surface area contributed by atoms with E-state index in [9.17, 15) is 4.79 Å². The second-order valence-electron chi connectivity index (χ2n) is 7.84. The summed E-state index contributed by atoms with van der Waals surface area (Å²) in [5, 5.41) is 13.3. The number of nitrogens with zero attached hydrogens (tertiary/aromatic N) is 6. The number of carbonyl (C=O) groups is 1. The number of aryl methyl sites for hydroxylation is 2. The van der Waals surface area contributed by atoms with Gasteiger partial charge in [0.2, 0.25) is 5.95 Å². The van der Waals surface area contributed by atoms with Crippen molar-refractivity contribution < 1.29 is 4.79 Å². The molecule has 0 radical (unpaired) electrons. The van der Waals surface area contributed by atoms with Gasteiger partial charge in [0.25, 0.3) is 5.91 Å². The minimum atomic E-state index is -0.325. The van der Waals surface area contributed by atoms with E-state index in [-0.39, 0.29) is 11.9 Å². The number of rotatable bonds is 5. The first-order valence-corrected chi connectivity index (χ1v) is 11.2. The lowest BCUT2D eigenvalue weighted by molar-refractivity contribution is 0.102. The topological polar surface area (TPSA) is 90.5 Å². The molecule has 0 fully saturated rings. The number of amides is 1. The lowest BCUT2D eigenvalue weighted by Crippen LogP contribution is -2.14. The predicted octanol–water partition coefficient (Wildman–Crippen LogP) is 5.14. The molecule has 170 valence electrons. The summed E-state index contributed by atoms with van der Waals surface area (Å²) < 4.78 is 3.34. The summed E-state index contributed by atoms with van der Waals surface area (Å²) in [6.45, 7) is 2.35. The molecule has 0 spiro atoms. The van der Waals surface area contributed by atoms with Crippen LogP contribution in [0.25, 0.3) is 22.2 Å². The Balaban J connectivity index is 1.43. The molecular weight excluding hydrogens is 473 g/mol. The molecule has 0 aliphatic carbocycles. The van der Waals surface area contributed by atoms with Crippen LogP contribution in [0.4, 0.5) is 5.95 Å². The Kier molecular flexibility index (Phi) is 5.77. The summed E-state index contributed by atoms with van der Waals surface area (Å²) in [6, 6.07) is 14.7. The molecule has 1 N–H and O–H groups in total. The number of aromatic nitrogens is 6. The molecule has 3 heterocycles. The minimum Gasteiger partial charge on any atom is -0.289 e. The molecule has 2 aromatic carbocycles. The van der Waals surface area contributed by atoms with Gasteiger partial charge in [0, 0.05) is 24.2 Å². The van der Waals surface area contributed by atoms with Gasteiger partial charge >= 0.3 is 0 Å². The Hall–Kier alpha value is -3.75. The SMILES string of the molecule is Cc1nn(C)cc1-c1cc(C(=O)Nc2ncn(Cc3ccc(Cl)c(Cl)c3)n2)c2ccccc2n1. The molecule has 0 aliphatic heterocycles. The van der Waals surface area contributed by atoms with Gasteiger partial charge < -0.3 is 0 Å². The highest BCUT2D eigenvalue weighted by molar-refractivity contribution is 6.42. The van der Waals surface area contributed by atoms with E-state index in [0.29, 0.717) is 33.4 Å². The number of nitrogens with one attached hydrogen (secondary N) is 1. The van der Waals surface area contributed by atoms with E-state index in [1.54, 1.807) is 33.9 Å². The van der Waals surface area contributed by atoms with Crippen LogP contribution in [0.2, 0.25) is 10.0 Å². The van der Waals surface area contributed by atoms with Gasteiger partial charge in [-0.15, -0.1) is 5.10 Å². The fourth-order valence-electron chi connectivity index (χ4n) is 3.77. The quantitative estimate of drug-likeness (QED) is 0.367. The monoisotopic (exact) mass is 491 g/mol. The molecule has 5 rings (SSSR count). The number of hydrogen-bond donors (Lipinski definition) is 1. The second-order valence-corrected chi connectivity index (χ2v) is 8.66. The number of hydrogen-bond acceptors (Lipinski definition) is 5. The van der Waals surface area contributed by atoms with Crippen molar-refractivity contribution in [3.8, 4) is 11.3 Å². The molecule has 8 nitrogen and oxygen atoms in total. The highest BCUT2D eigenvalue weighted by Crippen LogP contribution is 2.27. The normalized spacial score (nSPS) is 11.2. The first-order valence-electron chi connectivity index (χ1n) is 10.4. The summed E-state index contributed by atoms with van der Waals surface area (Å²) >= 11 is 12.1. The molecule has 3 aromatic heterocycles. The standard InChI is InChI=1S/C24H19Cl2N7O/c1-14-18(12-32(2)30-14)22-10-17(16-5-3-4-6-21(16)28-22)23(34)29-24-27-13-33(31-24)11-15-7-8-19(25)20(26)9-15/h3-10,12-13H,11H2,1-2H3,(H,29,31,34). The summed E-state index contributed by atoms with van der Waals surface area (Å²) in [5.41, 5.74) is 4.48.